The molecule has 1 amide bonds. The van der Waals surface area contributed by atoms with E-state index in [2.05, 4.69) is 15.3 Å². The van der Waals surface area contributed by atoms with Gasteiger partial charge in [-0.1, -0.05) is 6.07 Å². The van der Waals surface area contributed by atoms with Crippen LogP contribution in [-0.2, 0) is 11.3 Å². The number of aromatic amines is 1. The first-order chi connectivity index (χ1) is 13.3. The molecule has 0 fully saturated rings. The molecule has 0 unspecified atom stereocenters. The summed E-state index contributed by atoms with van der Waals surface area (Å²) in [4.78, 5) is 40.8. The summed E-state index contributed by atoms with van der Waals surface area (Å²) in [5.41, 5.74) is 7.62. The predicted molar refractivity (Wildman–Crippen MR) is 112 cm³/mol. The first-order valence-electron chi connectivity index (χ1n) is 8.29. The van der Waals surface area contributed by atoms with E-state index in [4.69, 9.17) is 15.6 Å². The molecule has 11 heteroatoms. The number of hydrogen-bond donors (Lipinski definition) is 4. The molecule has 2 aromatic heterocycles. The molecule has 1 aliphatic heterocycles. The van der Waals surface area contributed by atoms with Crippen molar-refractivity contribution in [2.24, 2.45) is 5.73 Å². The van der Waals surface area contributed by atoms with E-state index in [1.807, 2.05) is 32.0 Å². The summed E-state index contributed by atoms with van der Waals surface area (Å²) in [7, 11) is 0. The third-order valence-corrected chi connectivity index (χ3v) is 5.26. The second kappa shape index (κ2) is 9.03. The van der Waals surface area contributed by atoms with Crippen molar-refractivity contribution in [1.29, 1.82) is 0 Å². The minimum absolute atomic E-state index is 0. The molecule has 9 nitrogen and oxygen atoms in total. The number of hydrogen-bond acceptors (Lipinski definition) is 7. The monoisotopic (exact) mass is 438 g/mol. The van der Waals surface area contributed by atoms with Gasteiger partial charge in [-0.25, -0.2) is 9.78 Å². The predicted octanol–water partition coefficient (Wildman–Crippen LogP) is 2.20. The van der Waals surface area contributed by atoms with Crippen molar-refractivity contribution in [3.05, 3.63) is 50.4 Å². The van der Waals surface area contributed by atoms with E-state index in [1.54, 1.807) is 0 Å². The molecule has 0 aliphatic carbocycles. The number of carboxylic acids is 1. The fourth-order valence-corrected chi connectivity index (χ4v) is 3.64. The van der Waals surface area contributed by atoms with E-state index >= 15 is 0 Å². The number of carbonyl (C=O) groups excluding carboxylic acids is 1. The summed E-state index contributed by atoms with van der Waals surface area (Å²) in [6, 6.07) is 5.53. The van der Waals surface area contributed by atoms with Crippen LogP contribution >= 0.6 is 23.7 Å². The van der Waals surface area contributed by atoms with Gasteiger partial charge < -0.3 is 25.9 Å². The smallest absolute Gasteiger partial charge is 0.372 e. The Morgan fingerprint density at radius 2 is 2.07 bits per heavy atom. The number of ether oxygens (including phenoxy) is 1. The number of nitrogens with one attached hydrogen (secondary N) is 2. The molecule has 0 atom stereocenters. The maximum absolute atomic E-state index is 11.6. The Morgan fingerprint density at radius 3 is 2.72 bits per heavy atom. The minimum Gasteiger partial charge on any atom is -0.482 e. The number of benzene rings is 1. The lowest BCUT2D eigenvalue weighted by Crippen LogP contribution is -2.25. The first-order valence-corrected chi connectivity index (χ1v) is 9.10. The van der Waals surface area contributed by atoms with Crippen LogP contribution in [0.2, 0.25) is 0 Å². The summed E-state index contributed by atoms with van der Waals surface area (Å²) in [5, 5.41) is 11.9. The Balaban J connectivity index is 0.000000202. The average Bonchev–Trinajstić information content (AvgIpc) is 2.95. The summed E-state index contributed by atoms with van der Waals surface area (Å²) in [6.07, 6.45) is 0. The van der Waals surface area contributed by atoms with Crippen LogP contribution in [-0.4, -0.2) is 33.6 Å². The number of nitrogens with zero attached hydrogens (tertiary/aromatic N) is 1. The first kappa shape index (κ1) is 22.3. The lowest BCUT2D eigenvalue weighted by Gasteiger charge is -2.18. The van der Waals surface area contributed by atoms with Crippen LogP contribution in [0, 0.1) is 13.8 Å². The Hall–Kier alpha value is -2.95. The number of halogens is 1. The summed E-state index contributed by atoms with van der Waals surface area (Å²) in [5.74, 6) is -0.954. The Kier molecular flexibility index (Phi) is 6.96. The average molecular weight is 439 g/mol. The largest absolute Gasteiger partial charge is 0.482 e. The quantitative estimate of drug-likeness (QED) is 0.479. The standard InChI is InChI=1S/C9H8N2O3S.C9H10N2O2.ClH/c1-3-4(2)15-8-5(3)7(12)10-6(11-8)9(13)14;10-4-6-1-2-8-7(3-6)11-9(12)5-13-8;/h1-2H3,(H,13,14)(H,10,11,12);1-3H,4-5,10H2,(H,11,12);1H. The Bertz CT molecular complexity index is 1140. The van der Waals surface area contributed by atoms with Crippen LogP contribution in [0.3, 0.4) is 0 Å². The number of aromatic nitrogens is 2. The van der Waals surface area contributed by atoms with E-state index in [0.29, 0.717) is 28.2 Å². The zero-order valence-electron chi connectivity index (χ0n) is 15.6. The van der Waals surface area contributed by atoms with Crippen molar-refractivity contribution in [2.45, 2.75) is 20.4 Å². The van der Waals surface area contributed by atoms with Gasteiger partial charge in [0, 0.05) is 11.4 Å². The van der Waals surface area contributed by atoms with E-state index in [0.717, 1.165) is 16.0 Å². The number of carbonyl (C=O) groups is 2. The van der Waals surface area contributed by atoms with E-state index in [9.17, 15) is 14.4 Å². The number of H-pyrrole nitrogens is 1. The van der Waals surface area contributed by atoms with Gasteiger partial charge in [0.05, 0.1) is 11.1 Å². The van der Waals surface area contributed by atoms with Gasteiger partial charge in [-0.3, -0.25) is 9.59 Å². The highest BCUT2D eigenvalue weighted by atomic mass is 35.5. The topological polar surface area (TPSA) is 147 Å². The lowest BCUT2D eigenvalue weighted by molar-refractivity contribution is -0.118. The molecule has 0 saturated heterocycles. The normalized spacial score (nSPS) is 12.0. The van der Waals surface area contributed by atoms with Crippen molar-refractivity contribution in [3.63, 3.8) is 0 Å². The Labute approximate surface area is 175 Å². The van der Waals surface area contributed by atoms with Crippen LogP contribution in [0.1, 0.15) is 26.6 Å². The van der Waals surface area contributed by atoms with Gasteiger partial charge in [0.15, 0.2) is 6.61 Å². The number of aryl methyl sites for hydroxylation is 2. The van der Waals surface area contributed by atoms with Gasteiger partial charge in [0.1, 0.15) is 10.6 Å². The van der Waals surface area contributed by atoms with Gasteiger partial charge in [0.2, 0.25) is 5.82 Å². The zero-order chi connectivity index (χ0) is 20.4. The van der Waals surface area contributed by atoms with Crippen LogP contribution < -0.4 is 21.3 Å². The fraction of sp³-hybridized carbons (Fsp3) is 0.222. The summed E-state index contributed by atoms with van der Waals surface area (Å²) in [6.45, 7) is 4.26. The minimum atomic E-state index is -1.22. The second-order valence-electron chi connectivity index (χ2n) is 6.05. The van der Waals surface area contributed by atoms with Crippen LogP contribution in [0.5, 0.6) is 5.75 Å². The molecule has 3 heterocycles. The van der Waals surface area contributed by atoms with Crippen LogP contribution in [0.15, 0.2) is 23.0 Å². The highest BCUT2D eigenvalue weighted by Crippen LogP contribution is 2.28. The summed E-state index contributed by atoms with van der Waals surface area (Å²) >= 11 is 1.33. The molecule has 0 radical (unpaired) electrons. The molecular weight excluding hydrogens is 420 g/mol. The molecular formula is C18H19ClN4O5S. The molecule has 0 saturated carbocycles. The SMILES string of the molecule is Cc1sc2nc(C(=O)O)[nH]c(=O)c2c1C.Cl.NCc1ccc2c(c1)NC(=O)CO2. The second-order valence-corrected chi connectivity index (χ2v) is 7.26. The van der Waals surface area contributed by atoms with Crippen molar-refractivity contribution < 1.29 is 19.4 Å². The molecule has 0 bridgehead atoms. The van der Waals surface area contributed by atoms with Gasteiger partial charge in [0.25, 0.3) is 11.5 Å². The van der Waals surface area contributed by atoms with Crippen LogP contribution in [0.4, 0.5) is 5.69 Å². The van der Waals surface area contributed by atoms with E-state index in [1.165, 1.54) is 11.3 Å². The molecule has 0 spiro atoms. The van der Waals surface area contributed by atoms with Crippen molar-refractivity contribution in [1.82, 2.24) is 9.97 Å². The number of anilines is 1. The third kappa shape index (κ3) is 4.73. The van der Waals surface area contributed by atoms with Gasteiger partial charge in [-0.05, 0) is 37.1 Å². The number of rotatable bonds is 2. The number of amides is 1. The zero-order valence-corrected chi connectivity index (χ0v) is 17.2. The van der Waals surface area contributed by atoms with Crippen molar-refractivity contribution >= 4 is 51.5 Å². The molecule has 1 aliphatic rings. The number of thiophene rings is 1. The number of aromatic carboxylic acids is 1. The Morgan fingerprint density at radius 1 is 1.34 bits per heavy atom. The number of nitrogens with two attached hydrogens (primary N) is 1. The van der Waals surface area contributed by atoms with Gasteiger partial charge in [-0.2, -0.15) is 0 Å². The number of carboxylic acid groups (broad SMARTS) is 1. The highest BCUT2D eigenvalue weighted by molar-refractivity contribution is 7.18. The van der Waals surface area contributed by atoms with Crippen molar-refractivity contribution in [3.8, 4) is 5.75 Å². The fourth-order valence-electron chi connectivity index (χ4n) is 2.61. The van der Waals surface area contributed by atoms with Crippen molar-refractivity contribution in [2.75, 3.05) is 11.9 Å². The maximum Gasteiger partial charge on any atom is 0.372 e. The van der Waals surface area contributed by atoms with Crippen LogP contribution in [0.25, 0.3) is 10.2 Å². The molecule has 3 aromatic rings. The van der Waals surface area contributed by atoms with E-state index in [-0.39, 0.29) is 36.3 Å². The molecule has 1 aromatic carbocycles. The molecule has 29 heavy (non-hydrogen) atoms. The third-order valence-electron chi connectivity index (χ3n) is 4.15. The lowest BCUT2D eigenvalue weighted by atomic mass is 10.1. The summed E-state index contributed by atoms with van der Waals surface area (Å²) < 4.78 is 5.18. The molecule has 5 N–H and O–H groups in total. The van der Waals surface area contributed by atoms with E-state index < -0.39 is 5.97 Å². The highest BCUT2D eigenvalue weighted by Gasteiger charge is 2.15. The number of fused-ring (bicyclic) bond motifs is 2. The maximum atomic E-state index is 11.6. The van der Waals surface area contributed by atoms with Gasteiger partial charge in [-0.15, -0.1) is 23.7 Å². The molecule has 154 valence electrons. The molecule has 4 rings (SSSR count). The van der Waals surface area contributed by atoms with Gasteiger partial charge >= 0.3 is 5.97 Å².